The standard InChI is InChI=1S/C35H34N2O7/c1-34(2,3)21-11-12-27(35(4,5)6)28(13-21)37-31(41)25-14-23-24(15-26(25)32(37)42)30(40)36(29(23)39)22-17-43-33(44-18-22)20-9-7-19(16-38)8-10-20/h7-16,22,33H,17-18H2,1-6H3. The van der Waals surface area contributed by atoms with Gasteiger partial charge in [0, 0.05) is 11.1 Å². The smallest absolute Gasteiger partial charge is 0.266 e. The van der Waals surface area contributed by atoms with E-state index in [-0.39, 0.29) is 45.6 Å². The van der Waals surface area contributed by atoms with E-state index in [0.717, 1.165) is 22.0 Å². The highest BCUT2D eigenvalue weighted by molar-refractivity contribution is 5.98. The highest BCUT2D eigenvalue weighted by Crippen LogP contribution is 2.33. The second-order valence-electron chi connectivity index (χ2n) is 13.5. The van der Waals surface area contributed by atoms with Crippen LogP contribution in [0.2, 0.25) is 0 Å². The minimum atomic E-state index is -0.707. The fourth-order valence-corrected chi connectivity index (χ4v) is 5.93. The van der Waals surface area contributed by atoms with Gasteiger partial charge in [0.2, 0.25) is 0 Å². The monoisotopic (exact) mass is 594 g/mol. The van der Waals surface area contributed by atoms with Crippen molar-refractivity contribution in [3.63, 3.8) is 0 Å². The molecule has 6 rings (SSSR count). The fraction of sp³-hybridized carbons (Fsp3) is 0.343. The van der Waals surface area contributed by atoms with Crippen LogP contribution in [-0.2, 0) is 20.3 Å². The van der Waals surface area contributed by atoms with E-state index in [1.807, 2.05) is 39.0 Å². The SMILES string of the molecule is CC(C)(C)c1ccc(C(C)(C)C)c(-n2c(=O)c3cc4c(=O)n(C5COC(c6ccc(C=O)cc6)OC5)c(=O)c4cc3c2=O)c1. The Kier molecular flexibility index (Phi) is 6.94. The highest BCUT2D eigenvalue weighted by Gasteiger charge is 2.30. The normalized spacial score (nSPS) is 17.9. The van der Waals surface area contributed by atoms with Crippen molar-refractivity contribution >= 4 is 27.8 Å². The largest absolute Gasteiger partial charge is 0.346 e. The lowest BCUT2D eigenvalue weighted by molar-refractivity contribution is -0.201. The van der Waals surface area contributed by atoms with Crippen LogP contribution in [0.5, 0.6) is 0 Å². The fourth-order valence-electron chi connectivity index (χ4n) is 5.93. The van der Waals surface area contributed by atoms with Gasteiger partial charge in [-0.05, 0) is 40.2 Å². The molecule has 1 saturated heterocycles. The minimum absolute atomic E-state index is 0.0383. The van der Waals surface area contributed by atoms with Gasteiger partial charge in [0.05, 0.1) is 46.5 Å². The molecule has 226 valence electrons. The van der Waals surface area contributed by atoms with E-state index in [1.54, 1.807) is 24.3 Å². The van der Waals surface area contributed by atoms with Crippen LogP contribution < -0.4 is 22.2 Å². The number of rotatable bonds is 4. The third-order valence-electron chi connectivity index (χ3n) is 8.43. The van der Waals surface area contributed by atoms with Crippen LogP contribution in [0.25, 0.3) is 27.2 Å². The number of carbonyl (C=O) groups is 1. The zero-order valence-electron chi connectivity index (χ0n) is 25.6. The molecule has 0 amide bonds. The van der Waals surface area contributed by atoms with Gasteiger partial charge in [-0.1, -0.05) is 77.9 Å². The molecule has 0 saturated carbocycles. The highest BCUT2D eigenvalue weighted by atomic mass is 16.7. The summed E-state index contributed by atoms with van der Waals surface area (Å²) in [7, 11) is 0. The first-order chi connectivity index (χ1) is 20.7. The molecule has 9 nitrogen and oxygen atoms in total. The van der Waals surface area contributed by atoms with Crippen LogP contribution in [-0.4, -0.2) is 28.6 Å². The maximum absolute atomic E-state index is 13.9. The van der Waals surface area contributed by atoms with E-state index in [4.69, 9.17) is 9.47 Å². The molecule has 2 aromatic heterocycles. The quantitative estimate of drug-likeness (QED) is 0.280. The number of hydrogen-bond acceptors (Lipinski definition) is 7. The average Bonchev–Trinajstić information content (AvgIpc) is 3.38. The molecule has 1 fully saturated rings. The van der Waals surface area contributed by atoms with Crippen LogP contribution in [0, 0.1) is 0 Å². The van der Waals surface area contributed by atoms with E-state index in [9.17, 15) is 24.0 Å². The van der Waals surface area contributed by atoms with E-state index in [2.05, 4.69) is 20.8 Å². The van der Waals surface area contributed by atoms with E-state index >= 15 is 0 Å². The molecule has 44 heavy (non-hydrogen) atoms. The van der Waals surface area contributed by atoms with Crippen LogP contribution in [0.15, 0.2) is 73.8 Å². The number of benzene rings is 3. The van der Waals surface area contributed by atoms with Crippen LogP contribution in [0.4, 0.5) is 0 Å². The maximum atomic E-state index is 13.9. The van der Waals surface area contributed by atoms with Crippen molar-refractivity contribution in [1.82, 2.24) is 9.13 Å². The Balaban J connectivity index is 1.42. The first kappa shape index (κ1) is 29.6. The Morgan fingerprint density at radius 2 is 1.20 bits per heavy atom. The molecule has 0 N–H and O–H groups in total. The lowest BCUT2D eigenvalue weighted by Gasteiger charge is -2.29. The van der Waals surface area contributed by atoms with Crippen molar-refractivity contribution in [1.29, 1.82) is 0 Å². The Labute approximate surface area is 253 Å². The number of aldehydes is 1. The Morgan fingerprint density at radius 3 is 1.68 bits per heavy atom. The van der Waals surface area contributed by atoms with E-state index in [0.29, 0.717) is 16.8 Å². The number of ether oxygens (including phenoxy) is 2. The summed E-state index contributed by atoms with van der Waals surface area (Å²) in [6.45, 7) is 12.3. The van der Waals surface area contributed by atoms with Crippen LogP contribution in [0.1, 0.15) is 80.9 Å². The first-order valence-corrected chi connectivity index (χ1v) is 14.6. The zero-order chi connectivity index (χ0) is 31.7. The molecule has 1 aliphatic rings. The summed E-state index contributed by atoms with van der Waals surface area (Å²) in [6, 6.07) is 14.7. The summed E-state index contributed by atoms with van der Waals surface area (Å²) in [6.07, 6.45) is 0.0363. The number of hydrogen-bond donors (Lipinski definition) is 0. The molecule has 0 radical (unpaired) electrons. The molecule has 9 heteroatoms. The predicted octanol–water partition coefficient (Wildman–Crippen LogP) is 4.60. The summed E-state index contributed by atoms with van der Waals surface area (Å²) in [5.41, 5.74) is 0.752. The molecule has 3 aromatic carbocycles. The summed E-state index contributed by atoms with van der Waals surface area (Å²) < 4.78 is 13.9. The van der Waals surface area contributed by atoms with Crippen molar-refractivity contribution in [2.45, 2.75) is 64.7 Å². The van der Waals surface area contributed by atoms with Crippen molar-refractivity contribution in [2.24, 2.45) is 0 Å². The molecule has 0 atom stereocenters. The van der Waals surface area contributed by atoms with Crippen molar-refractivity contribution < 1.29 is 14.3 Å². The molecule has 0 spiro atoms. The molecule has 0 unspecified atom stereocenters. The topological polar surface area (TPSA) is 114 Å². The van der Waals surface area contributed by atoms with Crippen LogP contribution in [0.3, 0.4) is 0 Å². The zero-order valence-corrected chi connectivity index (χ0v) is 25.6. The van der Waals surface area contributed by atoms with Gasteiger partial charge in [-0.25, -0.2) is 4.57 Å². The van der Waals surface area contributed by atoms with Gasteiger partial charge >= 0.3 is 0 Å². The number of carbonyl (C=O) groups excluding carboxylic acids is 1. The second kappa shape index (κ2) is 10.3. The summed E-state index contributed by atoms with van der Waals surface area (Å²) >= 11 is 0. The lowest BCUT2D eigenvalue weighted by atomic mass is 9.81. The number of aromatic nitrogens is 2. The minimum Gasteiger partial charge on any atom is -0.346 e. The van der Waals surface area contributed by atoms with Gasteiger partial charge in [-0.15, -0.1) is 0 Å². The van der Waals surface area contributed by atoms with E-state index < -0.39 is 34.6 Å². The van der Waals surface area contributed by atoms with Gasteiger partial charge in [0.15, 0.2) is 6.29 Å². The molecular formula is C35H34N2O7. The van der Waals surface area contributed by atoms with E-state index in [1.165, 1.54) is 16.7 Å². The average molecular weight is 595 g/mol. The third kappa shape index (κ3) is 4.76. The van der Waals surface area contributed by atoms with Gasteiger partial charge in [-0.2, -0.15) is 0 Å². The number of nitrogens with zero attached hydrogens (tertiary/aromatic N) is 2. The van der Waals surface area contributed by atoms with Gasteiger partial charge in [-0.3, -0.25) is 28.5 Å². The number of fused-ring (bicyclic) bond motifs is 2. The molecule has 1 aliphatic heterocycles. The van der Waals surface area contributed by atoms with Gasteiger partial charge in [0.1, 0.15) is 6.29 Å². The molecule has 3 heterocycles. The molecule has 0 aliphatic carbocycles. The molecule has 5 aromatic rings. The molecular weight excluding hydrogens is 560 g/mol. The van der Waals surface area contributed by atoms with Gasteiger partial charge < -0.3 is 9.47 Å². The van der Waals surface area contributed by atoms with Crippen molar-refractivity contribution in [3.05, 3.63) is 118 Å². The summed E-state index contributed by atoms with van der Waals surface area (Å²) in [5.74, 6) is 0. The Morgan fingerprint density at radius 1 is 0.682 bits per heavy atom. The molecule has 0 bridgehead atoms. The second-order valence-corrected chi connectivity index (χ2v) is 13.5. The van der Waals surface area contributed by atoms with Crippen LogP contribution >= 0.6 is 0 Å². The van der Waals surface area contributed by atoms with Crippen molar-refractivity contribution in [2.75, 3.05) is 13.2 Å². The summed E-state index contributed by atoms with van der Waals surface area (Å²) in [5, 5.41) is 0.325. The Hall–Kier alpha value is -4.47. The van der Waals surface area contributed by atoms with Gasteiger partial charge in [0.25, 0.3) is 22.2 Å². The summed E-state index contributed by atoms with van der Waals surface area (Å²) in [4.78, 5) is 65.8. The first-order valence-electron chi connectivity index (χ1n) is 14.6. The lowest BCUT2D eigenvalue weighted by Crippen LogP contribution is -2.38. The van der Waals surface area contributed by atoms with Crippen molar-refractivity contribution in [3.8, 4) is 5.69 Å². The predicted molar refractivity (Wildman–Crippen MR) is 169 cm³/mol. The third-order valence-corrected chi connectivity index (χ3v) is 8.43. The maximum Gasteiger partial charge on any atom is 0.266 e. The Bertz CT molecular complexity index is 2060.